The highest BCUT2D eigenvalue weighted by Gasteiger charge is 2.55. The fraction of sp³-hybridized carbons (Fsp3) is 0.867. The van der Waals surface area contributed by atoms with Gasteiger partial charge in [-0.3, -0.25) is 14.4 Å². The number of rotatable bonds is 9. The van der Waals surface area contributed by atoms with Gasteiger partial charge in [-0.15, -0.1) is 0 Å². The van der Waals surface area contributed by atoms with Gasteiger partial charge in [0.15, 0.2) is 24.8 Å². The molecule has 4 aliphatic rings. The lowest BCUT2D eigenvalue weighted by Crippen LogP contribution is -2.62. The monoisotopic (exact) mass is 885 g/mol. The molecule has 0 aromatic rings. The maximum atomic E-state index is 14.6. The highest BCUT2D eigenvalue weighted by Crippen LogP contribution is 2.43. The van der Waals surface area contributed by atoms with Crippen LogP contribution in [0.5, 0.6) is 0 Å². The first-order chi connectivity index (χ1) is 28.8. The van der Waals surface area contributed by atoms with Crippen LogP contribution < -0.4 is 0 Å². The van der Waals surface area contributed by atoms with E-state index >= 15 is 0 Å². The topological polar surface area (TPSA) is 200 Å². The van der Waals surface area contributed by atoms with Crippen molar-refractivity contribution in [3.8, 4) is 0 Å². The number of aliphatic hydroxyl groups is 2. The molecule has 0 aliphatic carbocycles. The lowest BCUT2D eigenvalue weighted by Gasteiger charge is -2.50. The van der Waals surface area contributed by atoms with Crippen molar-refractivity contribution < 1.29 is 72.1 Å². The average molecular weight is 885 g/mol. The molecule has 356 valence electrons. The van der Waals surface area contributed by atoms with Gasteiger partial charge in [-0.05, 0) is 80.5 Å². The Morgan fingerprint density at radius 1 is 0.919 bits per heavy atom. The fourth-order valence-electron chi connectivity index (χ4n) is 9.91. The normalized spacial score (nSPS) is 44.9. The van der Waals surface area contributed by atoms with Crippen molar-refractivity contribution in [2.24, 2.45) is 28.8 Å². The zero-order valence-electron chi connectivity index (χ0n) is 39.7. The number of ether oxygens (including phenoxy) is 9. The van der Waals surface area contributed by atoms with Crippen molar-refractivity contribution in [3.63, 3.8) is 0 Å². The lowest BCUT2D eigenvalue weighted by atomic mass is 9.73. The third kappa shape index (κ3) is 11.7. The van der Waals surface area contributed by atoms with Crippen LogP contribution >= 0.6 is 0 Å². The summed E-state index contributed by atoms with van der Waals surface area (Å²) in [7, 11) is 5.33. The fourth-order valence-corrected chi connectivity index (χ4v) is 9.91. The smallest absolute Gasteiger partial charge is 0.311 e. The van der Waals surface area contributed by atoms with Crippen LogP contribution in [0.1, 0.15) is 109 Å². The molecule has 0 unspecified atom stereocenters. The Balaban J connectivity index is 1.98. The van der Waals surface area contributed by atoms with Crippen LogP contribution in [0.15, 0.2) is 17.3 Å². The van der Waals surface area contributed by atoms with Crippen molar-refractivity contribution >= 4 is 23.6 Å². The molecule has 4 heterocycles. The van der Waals surface area contributed by atoms with Gasteiger partial charge in [0, 0.05) is 45.1 Å². The molecular weight excluding hydrogens is 808 g/mol. The van der Waals surface area contributed by atoms with Gasteiger partial charge in [0.1, 0.15) is 23.9 Å². The van der Waals surface area contributed by atoms with E-state index in [0.717, 1.165) is 0 Å². The summed E-state index contributed by atoms with van der Waals surface area (Å²) in [6.07, 6.45) is -8.37. The first-order valence-electron chi connectivity index (χ1n) is 22.1. The summed E-state index contributed by atoms with van der Waals surface area (Å²) in [5, 5.41) is 28.6. The standard InChI is InChI=1S/C45H76N2O15/c1-17-33-45(13,52)38(50)26(5)35-24(3)19-44(12,54-21-23(2)22-55-46-35)39(62-42-37(58-30(9)48)32(47(14)15)18-25(4)56-42)27(6)36(28(7)41(51)60-33)61-34-20-43(11,53-16)40(29(8)57-34)59-31(10)49/h24-29,32-34,36-40,42,50,52H,2,17-22H2,1,3-16H3/b46-35+/t24-,25-,26+,27+,28-,29+,32+,33-,34+,36+,37-,38+,39-,40+,42+,43-,44-,45-/m1/s1. The van der Waals surface area contributed by atoms with Gasteiger partial charge >= 0.3 is 17.9 Å². The van der Waals surface area contributed by atoms with Crippen LogP contribution in [0.4, 0.5) is 0 Å². The highest BCUT2D eigenvalue weighted by molar-refractivity contribution is 5.89. The van der Waals surface area contributed by atoms with Crippen molar-refractivity contribution in [3.05, 3.63) is 12.2 Å². The number of cyclic esters (lactones) is 1. The van der Waals surface area contributed by atoms with Crippen LogP contribution in [0.25, 0.3) is 0 Å². The molecule has 17 heteroatoms. The van der Waals surface area contributed by atoms with E-state index < -0.39 is 114 Å². The van der Waals surface area contributed by atoms with Gasteiger partial charge in [0.25, 0.3) is 0 Å². The van der Waals surface area contributed by atoms with Crippen LogP contribution in [0.2, 0.25) is 0 Å². The van der Waals surface area contributed by atoms with Gasteiger partial charge in [0.05, 0.1) is 60.4 Å². The molecule has 0 saturated carbocycles. The van der Waals surface area contributed by atoms with E-state index in [-0.39, 0.29) is 44.6 Å². The Morgan fingerprint density at radius 3 is 2.15 bits per heavy atom. The van der Waals surface area contributed by atoms with Crippen LogP contribution in [0.3, 0.4) is 0 Å². The number of methoxy groups -OCH3 is 1. The Morgan fingerprint density at radius 2 is 1.56 bits per heavy atom. The van der Waals surface area contributed by atoms with E-state index in [4.69, 9.17) is 47.5 Å². The van der Waals surface area contributed by atoms with Crippen molar-refractivity contribution in [2.45, 2.75) is 193 Å². The minimum absolute atomic E-state index is 0.0106. The molecule has 0 amide bonds. The SMILES string of the molecule is C=C1CO/N=C2\[C@H](C)C[C@@](C)(OC1)[C@H](O[C@@H]1O[C@H](C)C[C@H](N(C)C)[C@H]1OC(C)=O)[C@@H](C)[C@H](O[C@H]1C[C@@](C)(OC)[C@@H](OC(C)=O)[C@H](C)O1)[C@@H](C)C(=O)O[C@H](CC)[C@@](C)(O)[C@@H](O)[C@H]2C. The van der Waals surface area contributed by atoms with E-state index in [1.54, 1.807) is 34.6 Å². The molecular formula is C45H76N2O15. The molecule has 4 aliphatic heterocycles. The largest absolute Gasteiger partial charge is 0.459 e. The summed E-state index contributed by atoms with van der Waals surface area (Å²) < 4.78 is 57.9. The molecule has 0 aromatic carbocycles. The minimum Gasteiger partial charge on any atom is -0.459 e. The average Bonchev–Trinajstić information content (AvgIpc) is 3.18. The number of fused-ring (bicyclic) bond motifs is 3. The summed E-state index contributed by atoms with van der Waals surface area (Å²) >= 11 is 0. The summed E-state index contributed by atoms with van der Waals surface area (Å²) in [5.41, 5.74) is -3.25. The van der Waals surface area contributed by atoms with Gasteiger partial charge in [-0.2, -0.15) is 0 Å². The van der Waals surface area contributed by atoms with Gasteiger partial charge in [-0.1, -0.05) is 39.4 Å². The van der Waals surface area contributed by atoms with Gasteiger partial charge in [-0.25, -0.2) is 0 Å². The molecule has 4 rings (SSSR count). The zero-order chi connectivity index (χ0) is 46.6. The first kappa shape index (κ1) is 51.9. The highest BCUT2D eigenvalue weighted by atomic mass is 16.7. The summed E-state index contributed by atoms with van der Waals surface area (Å²) in [6.45, 7) is 24.7. The predicted octanol–water partition coefficient (Wildman–Crippen LogP) is 4.32. The van der Waals surface area contributed by atoms with Crippen molar-refractivity contribution in [1.29, 1.82) is 0 Å². The number of hydrogen-bond acceptors (Lipinski definition) is 17. The molecule has 2 bridgehead atoms. The molecule has 3 saturated heterocycles. The lowest BCUT2D eigenvalue weighted by molar-refractivity contribution is -0.321. The maximum absolute atomic E-state index is 14.6. The Bertz CT molecular complexity index is 1590. The van der Waals surface area contributed by atoms with Crippen molar-refractivity contribution in [1.82, 2.24) is 4.90 Å². The molecule has 0 radical (unpaired) electrons. The minimum atomic E-state index is -1.93. The van der Waals surface area contributed by atoms with E-state index in [9.17, 15) is 24.6 Å². The Labute approximate surface area is 368 Å². The number of carbonyl (C=O) groups excluding carboxylic acids is 3. The number of oxime groups is 1. The van der Waals surface area contributed by atoms with E-state index in [0.29, 0.717) is 17.7 Å². The second-order valence-corrected chi connectivity index (χ2v) is 19.0. The van der Waals surface area contributed by atoms with Crippen LogP contribution in [-0.4, -0.2) is 157 Å². The number of esters is 3. The predicted molar refractivity (Wildman–Crippen MR) is 227 cm³/mol. The quantitative estimate of drug-likeness (QED) is 0.188. The third-order valence-electron chi connectivity index (χ3n) is 13.4. The summed E-state index contributed by atoms with van der Waals surface area (Å²) in [6, 6.07) is -0.287. The second kappa shape index (κ2) is 21.0. The van der Waals surface area contributed by atoms with Gasteiger partial charge in [0.2, 0.25) is 0 Å². The van der Waals surface area contributed by atoms with Gasteiger partial charge < -0.3 is 62.6 Å². The zero-order valence-corrected chi connectivity index (χ0v) is 39.7. The molecule has 62 heavy (non-hydrogen) atoms. The molecule has 0 aromatic heterocycles. The number of nitrogens with zero attached hydrogens (tertiary/aromatic N) is 2. The third-order valence-corrected chi connectivity index (χ3v) is 13.4. The number of likely N-dealkylation sites (N-methyl/N-ethyl adjacent to an activating group) is 1. The second-order valence-electron chi connectivity index (χ2n) is 19.0. The van der Waals surface area contributed by atoms with Crippen molar-refractivity contribution in [2.75, 3.05) is 34.4 Å². The Hall–Kier alpha value is -2.74. The number of carbonyl (C=O) groups is 3. The maximum Gasteiger partial charge on any atom is 0.311 e. The van der Waals surface area contributed by atoms with Crippen LogP contribution in [0, 0.1) is 23.7 Å². The Kier molecular flexibility index (Phi) is 17.6. The summed E-state index contributed by atoms with van der Waals surface area (Å²) in [5.74, 6) is -4.78. The van der Waals surface area contributed by atoms with Crippen LogP contribution in [-0.2, 0) is 61.9 Å². The molecule has 18 atom stereocenters. The van der Waals surface area contributed by atoms with E-state index in [1.807, 2.05) is 46.7 Å². The first-order valence-corrected chi connectivity index (χ1v) is 22.1. The number of aliphatic hydroxyl groups excluding tert-OH is 1. The molecule has 3 fully saturated rings. The molecule has 17 nitrogen and oxygen atoms in total. The molecule has 2 N–H and O–H groups in total. The van der Waals surface area contributed by atoms with E-state index in [2.05, 4.69) is 11.7 Å². The summed E-state index contributed by atoms with van der Waals surface area (Å²) in [4.78, 5) is 47.3. The van der Waals surface area contributed by atoms with E-state index in [1.165, 1.54) is 27.9 Å². The number of hydrogen-bond donors (Lipinski definition) is 2. The molecule has 0 spiro atoms.